The van der Waals surface area contributed by atoms with Gasteiger partial charge in [0, 0.05) is 29.8 Å². The van der Waals surface area contributed by atoms with Gasteiger partial charge in [-0.25, -0.2) is 0 Å². The number of hydrogen-bond acceptors (Lipinski definition) is 7. The van der Waals surface area contributed by atoms with E-state index >= 15 is 0 Å². The molecule has 4 fully saturated rings. The van der Waals surface area contributed by atoms with Crippen LogP contribution in [0.2, 0.25) is 0 Å². The third-order valence-electron chi connectivity index (χ3n) is 10.2. The van der Waals surface area contributed by atoms with Crippen molar-refractivity contribution in [1.29, 1.82) is 0 Å². The van der Waals surface area contributed by atoms with Gasteiger partial charge in [0.15, 0.2) is 11.5 Å². The number of hydrogen-bond donors (Lipinski definition) is 3. The first-order valence-corrected chi connectivity index (χ1v) is 15.4. The van der Waals surface area contributed by atoms with Gasteiger partial charge in [-0.15, -0.1) is 0 Å². The number of aldehydes is 1. The van der Waals surface area contributed by atoms with Crippen LogP contribution in [0.1, 0.15) is 73.7 Å². The number of allylic oxidation sites excluding steroid dienone is 1. The molecular weight excluding hydrogens is 536 g/mol. The summed E-state index contributed by atoms with van der Waals surface area (Å²) in [5, 5.41) is 24.1. The molecule has 226 valence electrons. The van der Waals surface area contributed by atoms with Crippen LogP contribution in [0.5, 0.6) is 11.5 Å². The summed E-state index contributed by atoms with van der Waals surface area (Å²) in [6.07, 6.45) is 11.7. The van der Waals surface area contributed by atoms with Crippen molar-refractivity contribution in [3.05, 3.63) is 47.1 Å². The number of nitrogens with zero attached hydrogens (tertiary/aromatic N) is 1. The Morgan fingerprint density at radius 1 is 1.17 bits per heavy atom. The average molecular weight is 579 g/mol. The quantitative estimate of drug-likeness (QED) is 0.288. The molecule has 6 aliphatic rings. The van der Waals surface area contributed by atoms with E-state index in [1.807, 2.05) is 13.0 Å². The topological polar surface area (TPSA) is 125 Å². The third kappa shape index (κ3) is 5.04. The third-order valence-corrected chi connectivity index (χ3v) is 10.2. The van der Waals surface area contributed by atoms with Crippen LogP contribution in [-0.4, -0.2) is 78.3 Å². The summed E-state index contributed by atoms with van der Waals surface area (Å²) in [7, 11) is 1.48. The van der Waals surface area contributed by atoms with Gasteiger partial charge in [0.1, 0.15) is 18.5 Å². The maximum absolute atomic E-state index is 13.9. The lowest BCUT2D eigenvalue weighted by molar-refractivity contribution is -0.140. The molecule has 4 bridgehead atoms. The average Bonchev–Trinajstić information content (AvgIpc) is 3.36. The van der Waals surface area contributed by atoms with Gasteiger partial charge in [-0.2, -0.15) is 0 Å². The van der Waals surface area contributed by atoms with Gasteiger partial charge in [-0.05, 0) is 92.4 Å². The van der Waals surface area contributed by atoms with Crippen LogP contribution in [0, 0.1) is 23.2 Å². The van der Waals surface area contributed by atoms with Crippen LogP contribution in [0.4, 0.5) is 0 Å². The maximum atomic E-state index is 13.9. The minimum Gasteiger partial charge on any atom is -0.493 e. The Labute approximate surface area is 246 Å². The Morgan fingerprint density at radius 2 is 1.86 bits per heavy atom. The van der Waals surface area contributed by atoms with Crippen LogP contribution in [0.25, 0.3) is 0 Å². The van der Waals surface area contributed by atoms with Gasteiger partial charge in [-0.3, -0.25) is 14.4 Å². The fourth-order valence-electron chi connectivity index (χ4n) is 9.05. The van der Waals surface area contributed by atoms with E-state index in [4.69, 9.17) is 9.47 Å². The standard InChI is InChI=1S/C33H42N2O7/c1-3-4-5-27(38)35(18-33-14-19-8-20(15-33)10-21(9-19)16-33)25-13-24(32(40)34-6-7-36)28-23-11-22(17-37)12-26(41-2)30(23)42-31(28)29(25)39/h4-5,11-13,17,19-21,25,28-29,31,36,39H,3,6-10,14-16,18H2,1-2H3,(H,34,40)/t19?,20?,21?,25-,28+,29+,31+,33?/m1/s1. The van der Waals surface area contributed by atoms with Crippen molar-refractivity contribution in [2.45, 2.75) is 76.0 Å². The van der Waals surface area contributed by atoms with E-state index in [1.165, 1.54) is 26.4 Å². The highest BCUT2D eigenvalue weighted by Gasteiger charge is 2.55. The SMILES string of the molecule is CCC=CC(=O)N(CC12CC3CC(CC(C3)C1)C2)[C@@H]1C=C(C(=O)NCCO)[C@@H]2c3cc(C=O)cc(OC)c3O[C@@H]2[C@H]1O. The van der Waals surface area contributed by atoms with Crippen molar-refractivity contribution in [2.24, 2.45) is 23.2 Å². The van der Waals surface area contributed by atoms with E-state index in [0.717, 1.165) is 19.3 Å². The Balaban J connectivity index is 1.42. The van der Waals surface area contributed by atoms with Gasteiger partial charge in [-0.1, -0.05) is 13.0 Å². The van der Waals surface area contributed by atoms with E-state index in [0.29, 0.717) is 65.2 Å². The number of aliphatic hydroxyl groups excluding tert-OH is 2. The molecule has 9 heteroatoms. The van der Waals surface area contributed by atoms with Crippen molar-refractivity contribution in [3.63, 3.8) is 0 Å². The van der Waals surface area contributed by atoms with Crippen molar-refractivity contribution in [1.82, 2.24) is 10.2 Å². The smallest absolute Gasteiger partial charge is 0.247 e. The molecule has 0 aromatic heterocycles. The number of methoxy groups -OCH3 is 1. The van der Waals surface area contributed by atoms with E-state index < -0.39 is 30.1 Å². The highest BCUT2D eigenvalue weighted by atomic mass is 16.5. The molecule has 0 saturated heterocycles. The van der Waals surface area contributed by atoms with E-state index in [1.54, 1.807) is 29.2 Å². The Kier molecular flexibility index (Phi) is 7.91. The first-order valence-electron chi connectivity index (χ1n) is 15.4. The summed E-state index contributed by atoms with van der Waals surface area (Å²) >= 11 is 0. The van der Waals surface area contributed by atoms with E-state index in [9.17, 15) is 24.6 Å². The number of carbonyl (C=O) groups is 3. The van der Waals surface area contributed by atoms with Gasteiger partial charge in [0.2, 0.25) is 11.8 Å². The minimum atomic E-state index is -1.13. The van der Waals surface area contributed by atoms with Crippen molar-refractivity contribution in [2.75, 3.05) is 26.8 Å². The number of nitrogens with one attached hydrogen (secondary N) is 1. The van der Waals surface area contributed by atoms with Crippen LogP contribution in [0.15, 0.2) is 35.9 Å². The van der Waals surface area contributed by atoms with Crippen LogP contribution in [0.3, 0.4) is 0 Å². The van der Waals surface area contributed by atoms with Gasteiger partial charge >= 0.3 is 0 Å². The maximum Gasteiger partial charge on any atom is 0.247 e. The highest BCUT2D eigenvalue weighted by molar-refractivity contribution is 5.97. The number of fused-ring (bicyclic) bond motifs is 3. The molecule has 4 atom stereocenters. The predicted octanol–water partition coefficient (Wildman–Crippen LogP) is 3.14. The zero-order chi connectivity index (χ0) is 29.6. The summed E-state index contributed by atoms with van der Waals surface area (Å²) in [4.78, 5) is 41.0. The Hall–Kier alpha value is -3.17. The number of aliphatic hydroxyl groups is 2. The first kappa shape index (κ1) is 28.9. The predicted molar refractivity (Wildman–Crippen MR) is 155 cm³/mol. The van der Waals surface area contributed by atoms with Crippen molar-refractivity contribution >= 4 is 18.1 Å². The lowest BCUT2D eigenvalue weighted by atomic mass is 9.49. The van der Waals surface area contributed by atoms with Gasteiger partial charge in [0.05, 0.1) is 25.7 Å². The van der Waals surface area contributed by atoms with E-state index in [2.05, 4.69) is 5.32 Å². The molecule has 4 saturated carbocycles. The summed E-state index contributed by atoms with van der Waals surface area (Å²) in [5.74, 6) is 1.54. The number of benzene rings is 1. The molecule has 1 aromatic carbocycles. The normalized spacial score (nSPS) is 33.9. The molecule has 0 unspecified atom stereocenters. The molecule has 3 N–H and O–H groups in total. The molecule has 1 heterocycles. The molecule has 5 aliphatic carbocycles. The van der Waals surface area contributed by atoms with Crippen molar-refractivity contribution in [3.8, 4) is 11.5 Å². The Morgan fingerprint density at radius 3 is 2.45 bits per heavy atom. The minimum absolute atomic E-state index is 0.00968. The second-order valence-electron chi connectivity index (χ2n) is 13.1. The summed E-state index contributed by atoms with van der Waals surface area (Å²) in [6.45, 7) is 2.33. The molecule has 42 heavy (non-hydrogen) atoms. The molecule has 2 amide bonds. The lowest BCUT2D eigenvalue weighted by Gasteiger charge is -2.58. The molecule has 1 aliphatic heterocycles. The molecule has 0 spiro atoms. The highest BCUT2D eigenvalue weighted by Crippen LogP contribution is 2.60. The fourth-order valence-corrected chi connectivity index (χ4v) is 9.05. The number of ether oxygens (including phenoxy) is 2. The van der Waals surface area contributed by atoms with Crippen LogP contribution in [-0.2, 0) is 9.59 Å². The summed E-state index contributed by atoms with van der Waals surface area (Å²) < 4.78 is 11.9. The molecule has 0 radical (unpaired) electrons. The number of carbonyl (C=O) groups excluding carboxylic acids is 3. The zero-order valence-electron chi connectivity index (χ0n) is 24.5. The van der Waals surface area contributed by atoms with Gasteiger partial charge in [0.25, 0.3) is 0 Å². The van der Waals surface area contributed by atoms with Crippen LogP contribution < -0.4 is 14.8 Å². The largest absolute Gasteiger partial charge is 0.493 e. The number of rotatable bonds is 10. The fraction of sp³-hybridized carbons (Fsp3) is 0.606. The van der Waals surface area contributed by atoms with E-state index in [-0.39, 0.29) is 24.5 Å². The van der Waals surface area contributed by atoms with Crippen molar-refractivity contribution < 1.29 is 34.1 Å². The second kappa shape index (κ2) is 11.5. The lowest BCUT2D eigenvalue weighted by Crippen LogP contribution is -2.59. The number of amides is 2. The first-order chi connectivity index (χ1) is 20.3. The second-order valence-corrected chi connectivity index (χ2v) is 13.1. The molecular formula is C33H42N2O7. The molecule has 7 rings (SSSR count). The van der Waals surface area contributed by atoms with Crippen LogP contribution >= 0.6 is 0 Å². The monoisotopic (exact) mass is 578 g/mol. The summed E-state index contributed by atoms with van der Waals surface area (Å²) in [6, 6.07) is 2.44. The molecule has 9 nitrogen and oxygen atoms in total. The summed E-state index contributed by atoms with van der Waals surface area (Å²) in [5.41, 5.74) is 1.30. The van der Waals surface area contributed by atoms with Gasteiger partial charge < -0.3 is 29.9 Å². The molecule has 1 aromatic rings. The Bertz CT molecular complexity index is 1270. The zero-order valence-corrected chi connectivity index (χ0v) is 24.5.